The topological polar surface area (TPSA) is 46.5 Å². The monoisotopic (exact) mass is 663 g/mol. The fourth-order valence-electron chi connectivity index (χ4n) is 6.86. The molecule has 1 aromatic carbocycles. The summed E-state index contributed by atoms with van der Waals surface area (Å²) in [6, 6.07) is 10.4. The van der Waals surface area contributed by atoms with Crippen molar-refractivity contribution in [2.45, 2.75) is 219 Å². The second kappa shape index (κ2) is 32.9. The Labute approximate surface area is 288 Å². The zero-order valence-corrected chi connectivity index (χ0v) is 31.9. The Morgan fingerprint density at radius 2 is 0.826 bits per heavy atom. The maximum Gasteiger partial charge on any atom is 0.328 e. The highest BCUT2D eigenvalue weighted by atomic mass is 31.2. The lowest BCUT2D eigenvalue weighted by Crippen LogP contribution is -2.08. The van der Waals surface area contributed by atoms with E-state index in [1.165, 1.54) is 179 Å². The van der Waals surface area contributed by atoms with Crippen LogP contribution in [0.3, 0.4) is 0 Å². The van der Waals surface area contributed by atoms with Crippen molar-refractivity contribution in [2.24, 2.45) is 0 Å². The van der Waals surface area contributed by atoms with Crippen molar-refractivity contribution in [2.75, 3.05) is 12.8 Å². The summed E-state index contributed by atoms with van der Waals surface area (Å²) in [5, 5.41) is 0. The zero-order chi connectivity index (χ0) is 33.2. The summed E-state index contributed by atoms with van der Waals surface area (Å²) in [7, 11) is -3.59. The third-order valence-electron chi connectivity index (χ3n) is 9.92. The third-order valence-corrected chi connectivity index (χ3v) is 11.4. The molecule has 0 fully saturated rings. The molecule has 2 atom stereocenters. The molecular weight excluding hydrogens is 583 g/mol. The number of hydrogen-bond acceptors (Lipinski definition) is 2. The molecule has 0 spiro atoms. The van der Waals surface area contributed by atoms with E-state index in [4.69, 9.17) is 4.52 Å². The Balaban J connectivity index is 2.08. The second-order valence-electron chi connectivity index (χ2n) is 14.4. The minimum absolute atomic E-state index is 0.0974. The van der Waals surface area contributed by atoms with E-state index >= 15 is 0 Å². The highest BCUT2D eigenvalue weighted by molar-refractivity contribution is 7.52. The maximum atomic E-state index is 13.0. The summed E-state index contributed by atoms with van der Waals surface area (Å²) < 4.78 is 18.7. The smallest absolute Gasteiger partial charge is 0.324 e. The van der Waals surface area contributed by atoms with Crippen LogP contribution in [0.15, 0.2) is 30.3 Å². The van der Waals surface area contributed by atoms with E-state index < -0.39 is 7.60 Å². The third kappa shape index (κ3) is 28.4. The lowest BCUT2D eigenvalue weighted by atomic mass is 9.94. The molecule has 0 bridgehead atoms. The van der Waals surface area contributed by atoms with Crippen molar-refractivity contribution in [3.63, 3.8) is 0 Å². The van der Waals surface area contributed by atoms with E-state index in [1.54, 1.807) is 0 Å². The Bertz CT molecular complexity index is 782. The first-order valence-electron chi connectivity index (χ1n) is 20.6. The van der Waals surface area contributed by atoms with E-state index in [2.05, 4.69) is 26.0 Å². The number of hydrogen-bond donors (Lipinski definition) is 1. The summed E-state index contributed by atoms with van der Waals surface area (Å²) in [5.41, 5.74) is 1.18. The van der Waals surface area contributed by atoms with Gasteiger partial charge in [-0.2, -0.15) is 0 Å². The van der Waals surface area contributed by atoms with Gasteiger partial charge in [0.05, 0.1) is 12.8 Å². The maximum absolute atomic E-state index is 13.0. The number of benzene rings is 1. The molecular formula is C42H79O3P. The van der Waals surface area contributed by atoms with Crippen LogP contribution in [-0.4, -0.2) is 17.7 Å². The predicted octanol–water partition coefficient (Wildman–Crippen LogP) is 15.1. The molecule has 1 rings (SSSR count). The molecule has 0 aliphatic heterocycles. The largest absolute Gasteiger partial charge is 0.328 e. The fourth-order valence-corrected chi connectivity index (χ4v) is 8.33. The average molecular weight is 663 g/mol. The quantitative estimate of drug-likeness (QED) is 0.0574. The molecule has 1 N–H and O–H groups in total. The molecule has 3 nitrogen and oxygen atoms in total. The summed E-state index contributed by atoms with van der Waals surface area (Å²) >= 11 is 0. The summed E-state index contributed by atoms with van der Waals surface area (Å²) in [6.07, 6.45) is 41.4. The molecule has 0 aliphatic rings. The first-order chi connectivity index (χ1) is 22.6. The zero-order valence-electron chi connectivity index (χ0n) is 31.0. The van der Waals surface area contributed by atoms with Gasteiger partial charge in [0.1, 0.15) is 0 Å². The van der Waals surface area contributed by atoms with Gasteiger partial charge in [0.15, 0.2) is 0 Å². The highest BCUT2D eigenvalue weighted by Crippen LogP contribution is 2.47. The normalized spacial score (nSPS) is 13.6. The SMILES string of the molecule is CCCCCCCCCCCCCCCCCCOP(=O)(O)CC(CCCCCCCCCCCCCCCC)c1ccccc1. The number of rotatable bonds is 36. The Morgan fingerprint density at radius 1 is 0.500 bits per heavy atom. The minimum atomic E-state index is -3.59. The van der Waals surface area contributed by atoms with Gasteiger partial charge < -0.3 is 9.42 Å². The average Bonchev–Trinajstić information content (AvgIpc) is 3.06. The Morgan fingerprint density at radius 3 is 1.20 bits per heavy atom. The fraction of sp³-hybridized carbons (Fsp3) is 0.857. The highest BCUT2D eigenvalue weighted by Gasteiger charge is 2.26. The lowest BCUT2D eigenvalue weighted by Gasteiger charge is -2.21. The van der Waals surface area contributed by atoms with E-state index in [-0.39, 0.29) is 12.1 Å². The lowest BCUT2D eigenvalue weighted by molar-refractivity contribution is 0.250. The van der Waals surface area contributed by atoms with Gasteiger partial charge in [-0.05, 0) is 24.3 Å². The molecule has 0 radical (unpaired) electrons. The molecule has 1 aromatic rings. The van der Waals surface area contributed by atoms with Gasteiger partial charge in [0, 0.05) is 0 Å². The first kappa shape index (κ1) is 43.4. The molecule has 0 saturated heterocycles. The molecule has 0 aromatic heterocycles. The molecule has 2 unspecified atom stereocenters. The summed E-state index contributed by atoms with van der Waals surface area (Å²) in [6.45, 7) is 4.98. The molecule has 4 heteroatoms. The minimum Gasteiger partial charge on any atom is -0.324 e. The van der Waals surface area contributed by atoms with Gasteiger partial charge in [0.25, 0.3) is 0 Å². The van der Waals surface area contributed by atoms with Crippen LogP contribution in [0.2, 0.25) is 0 Å². The van der Waals surface area contributed by atoms with E-state index in [1.807, 2.05) is 18.2 Å². The van der Waals surface area contributed by atoms with Crippen molar-refractivity contribution in [1.82, 2.24) is 0 Å². The van der Waals surface area contributed by atoms with Crippen molar-refractivity contribution >= 4 is 7.60 Å². The van der Waals surface area contributed by atoms with Crippen LogP contribution in [0.5, 0.6) is 0 Å². The van der Waals surface area contributed by atoms with Crippen LogP contribution in [0.4, 0.5) is 0 Å². The summed E-state index contributed by atoms with van der Waals surface area (Å²) in [5.74, 6) is 0.0974. The second-order valence-corrected chi connectivity index (χ2v) is 16.3. The van der Waals surface area contributed by atoms with Crippen LogP contribution >= 0.6 is 7.60 Å². The van der Waals surface area contributed by atoms with E-state index in [9.17, 15) is 9.46 Å². The molecule has 0 heterocycles. The van der Waals surface area contributed by atoms with Crippen molar-refractivity contribution < 1.29 is 14.0 Å². The first-order valence-corrected chi connectivity index (χ1v) is 22.4. The standard InChI is InChI=1S/C42H79O3P/c1-3-5-7-9-11-13-15-17-19-20-22-24-26-28-30-35-39-45-46(43,44)40-42(41-36-33-31-34-37-41)38-32-29-27-25-23-21-18-16-14-12-10-8-6-4-2/h31,33-34,36-37,42H,3-30,32,35,38-40H2,1-2H3,(H,43,44). The van der Waals surface area contributed by atoms with Gasteiger partial charge in [-0.25, -0.2) is 0 Å². The van der Waals surface area contributed by atoms with Gasteiger partial charge in [-0.3, -0.25) is 4.57 Å². The molecule has 0 saturated carbocycles. The summed E-state index contributed by atoms with van der Waals surface area (Å²) in [4.78, 5) is 10.7. The van der Waals surface area contributed by atoms with Crippen LogP contribution in [0, 0.1) is 0 Å². The van der Waals surface area contributed by atoms with Crippen LogP contribution < -0.4 is 0 Å². The molecule has 270 valence electrons. The molecule has 0 aliphatic carbocycles. The van der Waals surface area contributed by atoms with E-state index in [0.29, 0.717) is 6.61 Å². The van der Waals surface area contributed by atoms with Crippen LogP contribution in [-0.2, 0) is 9.09 Å². The van der Waals surface area contributed by atoms with Crippen LogP contribution in [0.25, 0.3) is 0 Å². The Kier molecular flexibility index (Phi) is 31.0. The van der Waals surface area contributed by atoms with Gasteiger partial charge in [-0.1, -0.05) is 230 Å². The predicted molar refractivity (Wildman–Crippen MR) is 204 cm³/mol. The van der Waals surface area contributed by atoms with Gasteiger partial charge in [0.2, 0.25) is 0 Å². The van der Waals surface area contributed by atoms with Gasteiger partial charge >= 0.3 is 7.60 Å². The molecule has 46 heavy (non-hydrogen) atoms. The van der Waals surface area contributed by atoms with Crippen LogP contribution in [0.1, 0.15) is 224 Å². The van der Waals surface area contributed by atoms with E-state index in [0.717, 1.165) is 25.7 Å². The van der Waals surface area contributed by atoms with Crippen molar-refractivity contribution in [1.29, 1.82) is 0 Å². The van der Waals surface area contributed by atoms with Crippen molar-refractivity contribution in [3.05, 3.63) is 35.9 Å². The molecule has 0 amide bonds. The van der Waals surface area contributed by atoms with Crippen molar-refractivity contribution in [3.8, 4) is 0 Å². The number of unbranched alkanes of at least 4 members (excludes halogenated alkanes) is 28. The van der Waals surface area contributed by atoms with Gasteiger partial charge in [-0.15, -0.1) is 0 Å². The Hall–Kier alpha value is -0.630.